The molecule has 1 aromatic carbocycles. The Morgan fingerprint density at radius 3 is 2.48 bits per heavy atom. The van der Waals surface area contributed by atoms with Gasteiger partial charge in [-0.2, -0.15) is 0 Å². The molecule has 1 aliphatic heterocycles. The average molecular weight is 335 g/mol. The van der Waals surface area contributed by atoms with Crippen LogP contribution >= 0.6 is 0 Å². The Morgan fingerprint density at radius 1 is 1.13 bits per heavy atom. The summed E-state index contributed by atoms with van der Waals surface area (Å²) in [5.41, 5.74) is 1.46. The van der Waals surface area contributed by atoms with Gasteiger partial charge in [-0.15, -0.1) is 0 Å². The smallest absolute Gasteiger partial charge is 0.264 e. The molecule has 1 amide bonds. The Balaban J connectivity index is 1.56. The lowest BCUT2D eigenvalue weighted by atomic mass is 9.55. The van der Waals surface area contributed by atoms with Crippen molar-refractivity contribution in [2.24, 2.45) is 11.3 Å². The van der Waals surface area contributed by atoms with Crippen LogP contribution in [-0.4, -0.2) is 14.3 Å². The number of benzene rings is 1. The molecule has 2 fully saturated rings. The van der Waals surface area contributed by atoms with Gasteiger partial charge in [-0.05, 0) is 54.9 Å². The van der Waals surface area contributed by atoms with E-state index in [1.165, 1.54) is 0 Å². The number of hydrogen-bond acceptors (Lipinski definition) is 4. The highest BCUT2D eigenvalue weighted by atomic mass is 32.2. The first kappa shape index (κ1) is 15.1. The van der Waals surface area contributed by atoms with Gasteiger partial charge in [0.25, 0.3) is 10.0 Å². The number of hydrogen-bond donors (Lipinski definition) is 1. The monoisotopic (exact) mass is 335 g/mol. The number of carbonyl (C=O) groups is 1. The average Bonchev–Trinajstić information content (AvgIpc) is 2.87. The van der Waals surface area contributed by atoms with Crippen molar-refractivity contribution in [3.05, 3.63) is 29.3 Å². The summed E-state index contributed by atoms with van der Waals surface area (Å²) in [6, 6.07) is 4.95. The number of carbonyl (C=O) groups excluding carboxylic acids is 1. The molecule has 0 saturated heterocycles. The fraction of sp³-hybridized carbons (Fsp3) is 0.588. The summed E-state index contributed by atoms with van der Waals surface area (Å²) in [5.74, 6) is 0.0602. The van der Waals surface area contributed by atoms with Crippen LogP contribution in [0.2, 0.25) is 0 Å². The molecule has 23 heavy (non-hydrogen) atoms. The Morgan fingerprint density at radius 2 is 1.87 bits per heavy atom. The van der Waals surface area contributed by atoms with Gasteiger partial charge in [-0.25, -0.2) is 13.1 Å². The molecule has 4 rings (SSSR count). The van der Waals surface area contributed by atoms with Crippen molar-refractivity contribution < 1.29 is 17.9 Å². The molecule has 0 atom stereocenters. The minimum atomic E-state index is -3.81. The van der Waals surface area contributed by atoms with E-state index < -0.39 is 15.4 Å². The second-order valence-corrected chi connectivity index (χ2v) is 8.68. The van der Waals surface area contributed by atoms with Crippen LogP contribution in [0.25, 0.3) is 0 Å². The molecule has 124 valence electrons. The van der Waals surface area contributed by atoms with Crippen LogP contribution in [0.3, 0.4) is 0 Å². The van der Waals surface area contributed by atoms with Gasteiger partial charge in [0.2, 0.25) is 5.91 Å². The Hall–Kier alpha value is -1.40. The van der Waals surface area contributed by atoms with E-state index in [4.69, 9.17) is 4.74 Å². The first-order chi connectivity index (χ1) is 11.0. The largest absolute Gasteiger partial charge is 0.372 e. The maximum Gasteiger partial charge on any atom is 0.264 e. The molecule has 0 bridgehead atoms. The molecule has 3 aliphatic rings. The van der Waals surface area contributed by atoms with E-state index in [0.29, 0.717) is 19.1 Å². The normalized spacial score (nSPS) is 22.8. The molecule has 0 unspecified atom stereocenters. The Bertz CT molecular complexity index is 748. The maximum atomic E-state index is 12.7. The lowest BCUT2D eigenvalue weighted by Crippen LogP contribution is -2.53. The van der Waals surface area contributed by atoms with Crippen LogP contribution in [-0.2, 0) is 32.8 Å². The molecule has 6 heteroatoms. The highest BCUT2D eigenvalue weighted by Gasteiger charge is 2.52. The van der Waals surface area contributed by atoms with Gasteiger partial charge in [0, 0.05) is 0 Å². The Labute approximate surface area is 136 Å². The number of fused-ring (bicyclic) bond motifs is 1. The summed E-state index contributed by atoms with van der Waals surface area (Å²) in [6.07, 6.45) is 5.89. The fourth-order valence-corrected chi connectivity index (χ4v) is 5.05. The van der Waals surface area contributed by atoms with E-state index in [1.807, 2.05) is 0 Å². The summed E-state index contributed by atoms with van der Waals surface area (Å²) < 4.78 is 32.8. The minimum absolute atomic E-state index is 0.151. The minimum Gasteiger partial charge on any atom is -0.372 e. The van der Waals surface area contributed by atoms with E-state index in [0.717, 1.165) is 49.7 Å². The van der Waals surface area contributed by atoms with E-state index >= 15 is 0 Å². The predicted molar refractivity (Wildman–Crippen MR) is 83.9 cm³/mol. The van der Waals surface area contributed by atoms with E-state index in [9.17, 15) is 13.2 Å². The van der Waals surface area contributed by atoms with Crippen LogP contribution in [0.1, 0.15) is 49.7 Å². The standard InChI is InChI=1S/C17H21NO4S/c19-16(17(7-2-8-17)14-3-1-4-14)18-23(20,21)15-6-5-12-10-22-11-13(12)9-15/h5-6,9,14H,1-4,7-8,10-11H2,(H,18,19). The number of rotatable bonds is 4. The van der Waals surface area contributed by atoms with E-state index in [1.54, 1.807) is 18.2 Å². The topological polar surface area (TPSA) is 72.5 Å². The quantitative estimate of drug-likeness (QED) is 0.917. The van der Waals surface area contributed by atoms with Crippen molar-refractivity contribution in [1.29, 1.82) is 0 Å². The van der Waals surface area contributed by atoms with Crippen LogP contribution in [0, 0.1) is 11.3 Å². The molecule has 2 aliphatic carbocycles. The van der Waals surface area contributed by atoms with E-state index in [2.05, 4.69) is 4.72 Å². The van der Waals surface area contributed by atoms with Crippen molar-refractivity contribution in [2.45, 2.75) is 56.6 Å². The second-order valence-electron chi connectivity index (χ2n) is 7.00. The van der Waals surface area contributed by atoms with Gasteiger partial charge in [-0.3, -0.25) is 4.79 Å². The lowest BCUT2D eigenvalue weighted by Gasteiger charge is -2.49. The molecule has 1 N–H and O–H groups in total. The van der Waals surface area contributed by atoms with Crippen LogP contribution in [0.5, 0.6) is 0 Å². The van der Waals surface area contributed by atoms with Crippen molar-refractivity contribution in [3.8, 4) is 0 Å². The predicted octanol–water partition coefficient (Wildman–Crippen LogP) is 2.49. The van der Waals surface area contributed by atoms with Crippen LogP contribution in [0.15, 0.2) is 23.1 Å². The van der Waals surface area contributed by atoms with Gasteiger partial charge in [0.05, 0.1) is 23.5 Å². The number of ether oxygens (including phenoxy) is 1. The zero-order valence-electron chi connectivity index (χ0n) is 13.0. The van der Waals surface area contributed by atoms with Crippen molar-refractivity contribution in [1.82, 2.24) is 4.72 Å². The summed E-state index contributed by atoms with van der Waals surface area (Å²) in [7, 11) is -3.81. The molecular formula is C17H21NO4S. The highest BCUT2D eigenvalue weighted by Crippen LogP contribution is 2.54. The number of sulfonamides is 1. The SMILES string of the molecule is O=C(NS(=O)(=O)c1ccc2c(c1)COC2)C1(C2CCC2)CCC1. The van der Waals surface area contributed by atoms with Crippen LogP contribution in [0.4, 0.5) is 0 Å². The first-order valence-corrected chi connectivity index (χ1v) is 9.76. The van der Waals surface area contributed by atoms with Gasteiger partial charge in [0.15, 0.2) is 0 Å². The third kappa shape index (κ3) is 2.39. The van der Waals surface area contributed by atoms with Crippen molar-refractivity contribution in [2.75, 3.05) is 0 Å². The molecule has 2 saturated carbocycles. The maximum absolute atomic E-state index is 12.7. The third-order valence-corrected chi connectivity index (χ3v) is 7.14. The molecule has 0 aromatic heterocycles. The molecule has 0 spiro atoms. The molecule has 1 aromatic rings. The van der Waals surface area contributed by atoms with E-state index in [-0.39, 0.29) is 10.8 Å². The molecular weight excluding hydrogens is 314 g/mol. The molecule has 1 heterocycles. The molecule has 0 radical (unpaired) electrons. The lowest BCUT2D eigenvalue weighted by molar-refractivity contribution is -0.142. The molecule has 5 nitrogen and oxygen atoms in total. The number of amides is 1. The summed E-state index contributed by atoms with van der Waals surface area (Å²) in [4.78, 5) is 12.8. The zero-order valence-corrected chi connectivity index (χ0v) is 13.8. The van der Waals surface area contributed by atoms with Crippen LogP contribution < -0.4 is 4.72 Å². The summed E-state index contributed by atoms with van der Waals surface area (Å²) in [5, 5.41) is 0. The zero-order chi connectivity index (χ0) is 16.1. The van der Waals surface area contributed by atoms with Gasteiger partial charge in [-0.1, -0.05) is 18.9 Å². The second kappa shape index (κ2) is 5.31. The highest BCUT2D eigenvalue weighted by molar-refractivity contribution is 7.90. The van der Waals surface area contributed by atoms with Crippen molar-refractivity contribution in [3.63, 3.8) is 0 Å². The first-order valence-electron chi connectivity index (χ1n) is 8.28. The Kier molecular flexibility index (Phi) is 3.50. The number of nitrogens with one attached hydrogen (secondary N) is 1. The third-order valence-electron chi connectivity index (χ3n) is 5.81. The van der Waals surface area contributed by atoms with Gasteiger partial charge in [0.1, 0.15) is 0 Å². The fourth-order valence-electron chi connectivity index (χ4n) is 3.94. The van der Waals surface area contributed by atoms with Gasteiger partial charge >= 0.3 is 0 Å². The van der Waals surface area contributed by atoms with Gasteiger partial charge < -0.3 is 4.74 Å². The summed E-state index contributed by atoms with van der Waals surface area (Å²) in [6.45, 7) is 0.950. The summed E-state index contributed by atoms with van der Waals surface area (Å²) >= 11 is 0. The van der Waals surface area contributed by atoms with Crippen molar-refractivity contribution >= 4 is 15.9 Å².